The maximum atomic E-state index is 6.48. The molecule has 0 saturated carbocycles. The number of benzene rings is 1. The normalized spacial score (nSPS) is 24.2. The zero-order valence-corrected chi connectivity index (χ0v) is 21.6. The van der Waals surface area contributed by atoms with Crippen LogP contribution in [0, 0.1) is 11.8 Å². The molecule has 3 nitrogen and oxygen atoms in total. The predicted molar refractivity (Wildman–Crippen MR) is 137 cm³/mol. The average Bonchev–Trinajstić information content (AvgIpc) is 3.42. The van der Waals surface area contributed by atoms with Crippen LogP contribution in [0.3, 0.4) is 0 Å². The minimum atomic E-state index is 0.391. The van der Waals surface area contributed by atoms with Gasteiger partial charge in [-0.25, -0.2) is 0 Å². The van der Waals surface area contributed by atoms with E-state index in [1.807, 2.05) is 23.5 Å². The molecule has 1 aromatic heterocycles. The smallest absolute Gasteiger partial charge is 0.0549 e. The minimum absolute atomic E-state index is 0.391. The molecule has 2 saturated heterocycles. The molecule has 2 aliphatic rings. The SMILES string of the molecule is CCOC(C)CC1CCN(CC2CN(Cc3ccc(Cl)cc3Cl)CC2c2ccsc2)CC1. The van der Waals surface area contributed by atoms with Crippen molar-refractivity contribution in [3.8, 4) is 0 Å². The Labute approximate surface area is 207 Å². The van der Waals surface area contributed by atoms with E-state index in [9.17, 15) is 0 Å². The van der Waals surface area contributed by atoms with Gasteiger partial charge in [0.05, 0.1) is 6.10 Å². The number of rotatable bonds is 9. The van der Waals surface area contributed by atoms with Crippen molar-refractivity contribution in [1.82, 2.24) is 9.80 Å². The quantitative estimate of drug-likeness (QED) is 0.381. The highest BCUT2D eigenvalue weighted by atomic mass is 35.5. The van der Waals surface area contributed by atoms with Crippen LogP contribution in [0.5, 0.6) is 0 Å². The van der Waals surface area contributed by atoms with Crippen LogP contribution < -0.4 is 0 Å². The van der Waals surface area contributed by atoms with E-state index in [0.717, 1.165) is 37.2 Å². The maximum absolute atomic E-state index is 6.48. The Morgan fingerprint density at radius 1 is 1.12 bits per heavy atom. The van der Waals surface area contributed by atoms with Crippen molar-refractivity contribution < 1.29 is 4.74 Å². The maximum Gasteiger partial charge on any atom is 0.0549 e. The van der Waals surface area contributed by atoms with E-state index in [2.05, 4.69) is 46.5 Å². The van der Waals surface area contributed by atoms with E-state index in [-0.39, 0.29) is 0 Å². The molecule has 0 bridgehead atoms. The van der Waals surface area contributed by atoms with Gasteiger partial charge in [-0.2, -0.15) is 11.3 Å². The summed E-state index contributed by atoms with van der Waals surface area (Å²) in [7, 11) is 0. The molecule has 3 atom stereocenters. The molecular weight excluding hydrogens is 459 g/mol. The van der Waals surface area contributed by atoms with Crippen LogP contribution in [0.15, 0.2) is 35.0 Å². The molecule has 1 aromatic carbocycles. The molecule has 176 valence electrons. The monoisotopic (exact) mass is 494 g/mol. The number of thiophene rings is 1. The number of nitrogens with zero attached hydrogens (tertiary/aromatic N) is 2. The first-order valence-corrected chi connectivity index (χ1v) is 13.7. The number of likely N-dealkylation sites (tertiary alicyclic amines) is 2. The summed E-state index contributed by atoms with van der Waals surface area (Å²) in [6.07, 6.45) is 4.20. The van der Waals surface area contributed by atoms with E-state index in [1.165, 1.54) is 50.0 Å². The molecule has 2 fully saturated rings. The Kier molecular flexibility index (Phi) is 8.94. The molecule has 0 N–H and O–H groups in total. The third-order valence-corrected chi connectivity index (χ3v) is 8.50. The Bertz CT molecular complexity index is 838. The Balaban J connectivity index is 1.35. The molecular formula is C26H36Cl2N2OS. The van der Waals surface area contributed by atoms with Crippen molar-refractivity contribution in [2.45, 2.75) is 51.7 Å². The number of ether oxygens (including phenoxy) is 1. The van der Waals surface area contributed by atoms with Gasteiger partial charge in [-0.1, -0.05) is 29.3 Å². The first kappa shape index (κ1) is 24.5. The highest BCUT2D eigenvalue weighted by molar-refractivity contribution is 7.08. The summed E-state index contributed by atoms with van der Waals surface area (Å²) >= 11 is 14.4. The third kappa shape index (κ3) is 6.49. The fraction of sp³-hybridized carbons (Fsp3) is 0.615. The number of halogens is 2. The molecule has 0 amide bonds. The van der Waals surface area contributed by atoms with Crippen LogP contribution in [0.2, 0.25) is 10.0 Å². The van der Waals surface area contributed by atoms with Gasteiger partial charge in [-0.05, 0) is 98.1 Å². The summed E-state index contributed by atoms with van der Waals surface area (Å²) in [5.41, 5.74) is 2.68. The van der Waals surface area contributed by atoms with Gasteiger partial charge < -0.3 is 9.64 Å². The average molecular weight is 496 g/mol. The predicted octanol–water partition coefficient (Wildman–Crippen LogP) is 6.80. The topological polar surface area (TPSA) is 15.7 Å². The van der Waals surface area contributed by atoms with Gasteiger partial charge >= 0.3 is 0 Å². The second-order valence-electron chi connectivity index (χ2n) is 9.60. The lowest BCUT2D eigenvalue weighted by Crippen LogP contribution is -2.39. The highest BCUT2D eigenvalue weighted by Crippen LogP contribution is 2.36. The van der Waals surface area contributed by atoms with E-state index < -0.39 is 0 Å². The van der Waals surface area contributed by atoms with Crippen LogP contribution in [0.1, 0.15) is 50.2 Å². The lowest BCUT2D eigenvalue weighted by atomic mass is 9.88. The van der Waals surface area contributed by atoms with Crippen molar-refractivity contribution in [1.29, 1.82) is 0 Å². The highest BCUT2D eigenvalue weighted by Gasteiger charge is 2.36. The van der Waals surface area contributed by atoms with Crippen LogP contribution in [0.25, 0.3) is 0 Å². The molecule has 4 rings (SSSR count). The summed E-state index contributed by atoms with van der Waals surface area (Å²) in [6.45, 7) is 11.9. The Morgan fingerprint density at radius 2 is 1.94 bits per heavy atom. The van der Waals surface area contributed by atoms with E-state index in [0.29, 0.717) is 23.0 Å². The molecule has 3 heterocycles. The van der Waals surface area contributed by atoms with Crippen molar-refractivity contribution in [3.05, 3.63) is 56.2 Å². The van der Waals surface area contributed by atoms with Crippen molar-refractivity contribution in [2.75, 3.05) is 39.3 Å². The van der Waals surface area contributed by atoms with Gasteiger partial charge in [-0.3, -0.25) is 4.90 Å². The molecule has 32 heavy (non-hydrogen) atoms. The summed E-state index contributed by atoms with van der Waals surface area (Å²) in [4.78, 5) is 5.29. The van der Waals surface area contributed by atoms with E-state index in [1.54, 1.807) is 0 Å². The first-order valence-electron chi connectivity index (χ1n) is 12.0. The molecule has 3 unspecified atom stereocenters. The fourth-order valence-electron chi connectivity index (χ4n) is 5.59. The minimum Gasteiger partial charge on any atom is -0.379 e. The number of hydrogen-bond acceptors (Lipinski definition) is 4. The summed E-state index contributed by atoms with van der Waals surface area (Å²) in [6, 6.07) is 8.20. The van der Waals surface area contributed by atoms with Crippen LogP contribution >= 0.6 is 34.5 Å². The third-order valence-electron chi connectivity index (χ3n) is 7.21. The van der Waals surface area contributed by atoms with Gasteiger partial charge in [0.1, 0.15) is 0 Å². The number of hydrogen-bond donors (Lipinski definition) is 0. The van der Waals surface area contributed by atoms with Crippen molar-refractivity contribution in [2.24, 2.45) is 11.8 Å². The molecule has 6 heteroatoms. The fourth-order valence-corrected chi connectivity index (χ4v) is 6.78. The van der Waals surface area contributed by atoms with Gasteiger partial charge in [0.2, 0.25) is 0 Å². The molecule has 0 radical (unpaired) electrons. The summed E-state index contributed by atoms with van der Waals surface area (Å²) < 4.78 is 5.78. The lowest BCUT2D eigenvalue weighted by Gasteiger charge is -2.35. The van der Waals surface area contributed by atoms with E-state index in [4.69, 9.17) is 27.9 Å². The Morgan fingerprint density at radius 3 is 2.62 bits per heavy atom. The van der Waals surface area contributed by atoms with Crippen LogP contribution in [0.4, 0.5) is 0 Å². The van der Waals surface area contributed by atoms with Gasteiger partial charge in [0.15, 0.2) is 0 Å². The van der Waals surface area contributed by atoms with Gasteiger partial charge in [0.25, 0.3) is 0 Å². The Hall–Kier alpha value is -0.620. The zero-order valence-electron chi connectivity index (χ0n) is 19.3. The van der Waals surface area contributed by atoms with Crippen molar-refractivity contribution in [3.63, 3.8) is 0 Å². The van der Waals surface area contributed by atoms with Crippen LogP contribution in [-0.2, 0) is 11.3 Å². The number of piperidine rings is 1. The second kappa shape index (κ2) is 11.7. The van der Waals surface area contributed by atoms with Crippen molar-refractivity contribution >= 4 is 34.5 Å². The van der Waals surface area contributed by atoms with E-state index >= 15 is 0 Å². The van der Waals surface area contributed by atoms with Crippen LogP contribution in [-0.4, -0.2) is 55.2 Å². The molecule has 0 aliphatic carbocycles. The molecule has 2 aromatic rings. The van der Waals surface area contributed by atoms with Gasteiger partial charge in [-0.15, -0.1) is 0 Å². The zero-order chi connectivity index (χ0) is 22.5. The first-order chi connectivity index (χ1) is 15.5. The lowest BCUT2D eigenvalue weighted by molar-refractivity contribution is 0.0450. The second-order valence-corrected chi connectivity index (χ2v) is 11.2. The standard InChI is InChI=1S/C26H36Cl2N2OS/c1-3-31-19(2)12-20-6-9-29(10-7-20)15-23-16-30(17-25(23)22-8-11-32-18-22)14-21-4-5-24(27)13-26(21)28/h4-5,8,11,13,18-20,23,25H,3,6-7,9-10,12,14-17H2,1-2H3. The van der Waals surface area contributed by atoms with Gasteiger partial charge in [0, 0.05) is 48.7 Å². The molecule has 2 aliphatic heterocycles. The summed E-state index contributed by atoms with van der Waals surface area (Å²) in [5.74, 6) is 2.07. The summed E-state index contributed by atoms with van der Waals surface area (Å²) in [5, 5.41) is 6.04. The largest absolute Gasteiger partial charge is 0.379 e. The molecule has 0 spiro atoms.